The maximum absolute atomic E-state index is 13.4. The van der Waals surface area contributed by atoms with Gasteiger partial charge in [-0.25, -0.2) is 4.98 Å². The Morgan fingerprint density at radius 1 is 1.00 bits per heavy atom. The Hall–Kier alpha value is -4.18. The smallest absolute Gasteiger partial charge is 0.262 e. The van der Waals surface area contributed by atoms with Crippen molar-refractivity contribution in [3.05, 3.63) is 82.1 Å². The van der Waals surface area contributed by atoms with Gasteiger partial charge in [0.25, 0.3) is 5.56 Å². The molecular formula is C28H27N3O6S. The Balaban J connectivity index is 1.28. The molecule has 0 aliphatic carbocycles. The van der Waals surface area contributed by atoms with Crippen LogP contribution in [0.5, 0.6) is 23.0 Å². The lowest BCUT2D eigenvalue weighted by Crippen LogP contribution is -2.28. The monoisotopic (exact) mass is 533 g/mol. The number of para-hydroxylation sites is 1. The fourth-order valence-electron chi connectivity index (χ4n) is 4.18. The molecule has 0 spiro atoms. The summed E-state index contributed by atoms with van der Waals surface area (Å²) in [6.45, 7) is 0.930. The van der Waals surface area contributed by atoms with Crippen molar-refractivity contribution in [2.75, 3.05) is 33.3 Å². The number of amides is 1. The molecule has 3 aromatic carbocycles. The minimum absolute atomic E-state index is 0.123. The number of ether oxygens (including phenoxy) is 4. The normalized spacial score (nSPS) is 11.9. The number of rotatable bonds is 10. The number of benzene rings is 3. The molecule has 0 fully saturated rings. The van der Waals surface area contributed by atoms with E-state index >= 15 is 0 Å². The summed E-state index contributed by atoms with van der Waals surface area (Å²) in [4.78, 5) is 30.8. The van der Waals surface area contributed by atoms with Crippen molar-refractivity contribution in [1.82, 2.24) is 14.9 Å². The molecule has 38 heavy (non-hydrogen) atoms. The van der Waals surface area contributed by atoms with E-state index in [0.29, 0.717) is 52.0 Å². The number of thioether (sulfide) groups is 1. The first-order valence-electron chi connectivity index (χ1n) is 12.0. The standard InChI is InChI=1S/C28H27N3O6S/c1-34-22-9-7-18(13-24(22)35-2)11-12-29-26(32)16-38-28-30-21-6-4-3-5-20(21)27(33)31(28)15-19-8-10-23-25(14-19)37-17-36-23/h3-10,13-14H,11-12,15-17H2,1-2H3,(H,29,32). The zero-order valence-corrected chi connectivity index (χ0v) is 21.9. The molecule has 1 aliphatic rings. The van der Waals surface area contributed by atoms with E-state index in [1.165, 1.54) is 11.8 Å². The molecule has 0 saturated heterocycles. The topological polar surface area (TPSA) is 101 Å². The van der Waals surface area contributed by atoms with Crippen molar-refractivity contribution >= 4 is 28.6 Å². The molecule has 1 aromatic heterocycles. The number of nitrogens with zero attached hydrogens (tertiary/aromatic N) is 2. The average molecular weight is 534 g/mol. The predicted octanol–water partition coefficient (Wildman–Crippen LogP) is 3.64. The summed E-state index contributed by atoms with van der Waals surface area (Å²) in [5, 5.41) is 3.94. The second-order valence-electron chi connectivity index (χ2n) is 8.57. The Labute approximate surface area is 223 Å². The Morgan fingerprint density at radius 3 is 2.63 bits per heavy atom. The van der Waals surface area contributed by atoms with Crippen LogP contribution in [0.25, 0.3) is 10.9 Å². The third-order valence-corrected chi connectivity index (χ3v) is 7.10. The predicted molar refractivity (Wildman–Crippen MR) is 145 cm³/mol. The lowest BCUT2D eigenvalue weighted by atomic mass is 10.1. The number of aromatic nitrogens is 2. The van der Waals surface area contributed by atoms with Gasteiger partial charge in [0.2, 0.25) is 12.7 Å². The second kappa shape index (κ2) is 11.5. The molecule has 0 bridgehead atoms. The molecule has 0 saturated carbocycles. The van der Waals surface area contributed by atoms with Gasteiger partial charge < -0.3 is 24.3 Å². The quantitative estimate of drug-likeness (QED) is 0.244. The van der Waals surface area contributed by atoms with Gasteiger partial charge in [0.15, 0.2) is 28.2 Å². The van der Waals surface area contributed by atoms with E-state index in [-0.39, 0.29) is 30.6 Å². The molecule has 1 amide bonds. The number of methoxy groups -OCH3 is 2. The van der Waals surface area contributed by atoms with Crippen LogP contribution in [0.15, 0.2) is 70.6 Å². The van der Waals surface area contributed by atoms with Crippen LogP contribution in [0.1, 0.15) is 11.1 Å². The zero-order chi connectivity index (χ0) is 26.5. The van der Waals surface area contributed by atoms with E-state index in [0.717, 1.165) is 11.1 Å². The lowest BCUT2D eigenvalue weighted by Gasteiger charge is -2.14. The molecule has 5 rings (SSSR count). The number of hydrogen-bond acceptors (Lipinski definition) is 8. The van der Waals surface area contributed by atoms with Crippen molar-refractivity contribution in [3.63, 3.8) is 0 Å². The van der Waals surface area contributed by atoms with E-state index in [9.17, 15) is 9.59 Å². The summed E-state index contributed by atoms with van der Waals surface area (Å²) < 4.78 is 23.1. The van der Waals surface area contributed by atoms with Crippen molar-refractivity contribution in [2.45, 2.75) is 18.1 Å². The highest BCUT2D eigenvalue weighted by molar-refractivity contribution is 7.99. The molecular weight excluding hydrogens is 506 g/mol. The van der Waals surface area contributed by atoms with Crippen LogP contribution in [0.2, 0.25) is 0 Å². The van der Waals surface area contributed by atoms with Gasteiger partial charge in [0.05, 0.1) is 37.4 Å². The Morgan fingerprint density at radius 2 is 1.79 bits per heavy atom. The van der Waals surface area contributed by atoms with E-state index in [4.69, 9.17) is 23.9 Å². The van der Waals surface area contributed by atoms with Gasteiger partial charge in [-0.15, -0.1) is 0 Å². The largest absolute Gasteiger partial charge is 0.493 e. The van der Waals surface area contributed by atoms with E-state index in [1.807, 2.05) is 48.5 Å². The molecule has 1 aliphatic heterocycles. The molecule has 0 unspecified atom stereocenters. The van der Waals surface area contributed by atoms with Crippen LogP contribution in [0.4, 0.5) is 0 Å². The first kappa shape index (κ1) is 25.5. The number of carbonyl (C=O) groups excluding carboxylic acids is 1. The van der Waals surface area contributed by atoms with E-state index < -0.39 is 0 Å². The van der Waals surface area contributed by atoms with Crippen LogP contribution in [0.3, 0.4) is 0 Å². The fraction of sp³-hybridized carbons (Fsp3) is 0.250. The number of nitrogens with one attached hydrogen (secondary N) is 1. The lowest BCUT2D eigenvalue weighted by molar-refractivity contribution is -0.118. The van der Waals surface area contributed by atoms with Gasteiger partial charge in [0.1, 0.15) is 0 Å². The summed E-state index contributed by atoms with van der Waals surface area (Å²) in [6, 6.07) is 18.5. The third-order valence-electron chi connectivity index (χ3n) is 6.12. The Kier molecular flexibility index (Phi) is 7.69. The van der Waals surface area contributed by atoms with Crippen molar-refractivity contribution in [3.8, 4) is 23.0 Å². The van der Waals surface area contributed by atoms with Gasteiger partial charge in [-0.2, -0.15) is 0 Å². The zero-order valence-electron chi connectivity index (χ0n) is 21.1. The van der Waals surface area contributed by atoms with Crippen LogP contribution >= 0.6 is 11.8 Å². The van der Waals surface area contributed by atoms with Crippen LogP contribution < -0.4 is 29.8 Å². The molecule has 9 nitrogen and oxygen atoms in total. The summed E-state index contributed by atoms with van der Waals surface area (Å²) in [6.07, 6.45) is 0.639. The molecule has 196 valence electrons. The van der Waals surface area contributed by atoms with Gasteiger partial charge in [-0.05, 0) is 53.9 Å². The highest BCUT2D eigenvalue weighted by Gasteiger charge is 2.17. The molecule has 2 heterocycles. The minimum atomic E-state index is -0.162. The SMILES string of the molecule is COc1ccc(CCNC(=O)CSc2nc3ccccc3c(=O)n2Cc2ccc3c(c2)OCO3)cc1OC. The average Bonchev–Trinajstić information content (AvgIpc) is 3.41. The van der Waals surface area contributed by atoms with Crippen molar-refractivity contribution in [2.24, 2.45) is 0 Å². The number of fused-ring (bicyclic) bond motifs is 2. The van der Waals surface area contributed by atoms with Crippen molar-refractivity contribution in [1.29, 1.82) is 0 Å². The van der Waals surface area contributed by atoms with Crippen molar-refractivity contribution < 1.29 is 23.7 Å². The number of hydrogen-bond donors (Lipinski definition) is 1. The highest BCUT2D eigenvalue weighted by Crippen LogP contribution is 2.33. The minimum Gasteiger partial charge on any atom is -0.493 e. The fourth-order valence-corrected chi connectivity index (χ4v) is 5.01. The summed E-state index contributed by atoms with van der Waals surface area (Å²) in [5.74, 6) is 2.61. The van der Waals surface area contributed by atoms with Gasteiger partial charge >= 0.3 is 0 Å². The second-order valence-corrected chi connectivity index (χ2v) is 9.51. The van der Waals surface area contributed by atoms with Crippen LogP contribution in [-0.4, -0.2) is 48.8 Å². The molecule has 10 heteroatoms. The maximum Gasteiger partial charge on any atom is 0.262 e. The summed E-state index contributed by atoms with van der Waals surface area (Å²) in [7, 11) is 3.18. The molecule has 4 aromatic rings. The van der Waals surface area contributed by atoms with Crippen LogP contribution in [-0.2, 0) is 17.8 Å². The van der Waals surface area contributed by atoms with E-state index in [2.05, 4.69) is 5.32 Å². The molecule has 0 atom stereocenters. The summed E-state index contributed by atoms with van der Waals surface area (Å²) >= 11 is 1.23. The molecule has 0 radical (unpaired) electrons. The van der Waals surface area contributed by atoms with E-state index in [1.54, 1.807) is 30.9 Å². The molecule has 1 N–H and O–H groups in total. The Bertz CT molecular complexity index is 1540. The van der Waals surface area contributed by atoms with Gasteiger partial charge in [0, 0.05) is 6.54 Å². The highest BCUT2D eigenvalue weighted by atomic mass is 32.2. The van der Waals surface area contributed by atoms with Gasteiger partial charge in [-0.3, -0.25) is 14.2 Å². The number of carbonyl (C=O) groups is 1. The first-order valence-corrected chi connectivity index (χ1v) is 13.0. The summed E-state index contributed by atoms with van der Waals surface area (Å²) in [5.41, 5.74) is 2.32. The first-order chi connectivity index (χ1) is 18.6. The van der Waals surface area contributed by atoms with Crippen LogP contribution in [0, 0.1) is 0 Å². The maximum atomic E-state index is 13.4. The third kappa shape index (κ3) is 5.55. The van der Waals surface area contributed by atoms with Gasteiger partial charge in [-0.1, -0.05) is 36.0 Å².